The van der Waals surface area contributed by atoms with Gasteiger partial charge in [0.1, 0.15) is 34.9 Å². The Balaban J connectivity index is 0.000000134. The van der Waals surface area contributed by atoms with Crippen molar-refractivity contribution in [3.63, 3.8) is 0 Å². The molecule has 0 spiro atoms. The number of aromatic nitrogens is 12. The zero-order valence-electron chi connectivity index (χ0n) is 83.1. The molecule has 7 aliphatic heterocycles. The number of piperidine rings is 5. The van der Waals surface area contributed by atoms with Gasteiger partial charge in [0, 0.05) is 172 Å². The molecule has 146 heavy (non-hydrogen) atoms. The van der Waals surface area contributed by atoms with Crippen LogP contribution in [0.2, 0.25) is 20.1 Å². The maximum atomic E-state index is 14.1. The van der Waals surface area contributed by atoms with Gasteiger partial charge in [0.15, 0.2) is 22.6 Å². The Morgan fingerprint density at radius 2 is 0.856 bits per heavy atom. The molecule has 7 N–H and O–H groups in total. The Bertz CT molecular complexity index is 7510. The summed E-state index contributed by atoms with van der Waals surface area (Å²) in [6.07, 6.45) is 21.7. The average molecular weight is 2160 g/mol. The number of likely N-dealkylation sites (tertiary alicyclic amines) is 4. The first-order valence-electron chi connectivity index (χ1n) is 49.4. The van der Waals surface area contributed by atoms with E-state index in [1.54, 1.807) is 53.8 Å². The van der Waals surface area contributed by atoms with Crippen molar-refractivity contribution < 1.29 is 62.3 Å². The molecule has 0 unspecified atom stereocenters. The highest BCUT2D eigenvalue weighted by atomic mass is 35.5. The lowest BCUT2D eigenvalue weighted by atomic mass is 9.97. The lowest BCUT2D eigenvalue weighted by Crippen LogP contribution is -2.40. The molecule has 780 valence electrons. The average Bonchev–Trinajstić information content (AvgIpc) is 1.58. The van der Waals surface area contributed by atoms with E-state index in [9.17, 15) is 62.3 Å². The van der Waals surface area contributed by atoms with Crippen LogP contribution in [0.1, 0.15) is 251 Å². The number of anilines is 9. The van der Waals surface area contributed by atoms with Gasteiger partial charge in [-0.05, 0) is 222 Å². The zero-order valence-corrected chi connectivity index (χ0v) is 89.4. The van der Waals surface area contributed by atoms with E-state index in [4.69, 9.17) is 81.8 Å². The van der Waals surface area contributed by atoms with Gasteiger partial charge in [-0.1, -0.05) is 53.3 Å². The van der Waals surface area contributed by atoms with E-state index in [0.717, 1.165) is 284 Å². The summed E-state index contributed by atoms with van der Waals surface area (Å²) < 4.78 is 127. The molecule has 47 heteroatoms. The molecule has 1 aliphatic carbocycles. The first kappa shape index (κ1) is 106. The molecular weight excluding hydrogens is 2040 g/mol. The number of benzene rings is 4. The number of aliphatic hydroxyl groups excluding tert-OH is 1. The van der Waals surface area contributed by atoms with Gasteiger partial charge in [0.2, 0.25) is 40.1 Å². The van der Waals surface area contributed by atoms with Crippen LogP contribution in [0.5, 0.6) is 0 Å². The van der Waals surface area contributed by atoms with Crippen LogP contribution in [0.4, 0.5) is 56.2 Å². The maximum Gasteiger partial charge on any atom is 0.256 e. The van der Waals surface area contributed by atoms with E-state index in [1.807, 2.05) is 67.2 Å². The van der Waals surface area contributed by atoms with Crippen molar-refractivity contribution in [2.75, 3.05) is 155 Å². The molecule has 4 amide bonds. The highest BCUT2D eigenvalue weighted by Crippen LogP contribution is 2.45. The van der Waals surface area contributed by atoms with Crippen LogP contribution < -0.4 is 44.2 Å². The Labute approximate surface area is 868 Å². The number of hydrogen-bond donors (Lipinski definition) is 7. The van der Waals surface area contributed by atoms with Crippen molar-refractivity contribution in [1.82, 2.24) is 78.0 Å². The molecule has 8 aromatic heterocycles. The lowest BCUT2D eigenvalue weighted by Gasteiger charge is -2.36. The van der Waals surface area contributed by atoms with Gasteiger partial charge in [0.25, 0.3) is 23.6 Å². The molecule has 1 saturated carbocycles. The van der Waals surface area contributed by atoms with Crippen LogP contribution in [-0.4, -0.2) is 251 Å². The van der Waals surface area contributed by atoms with Crippen molar-refractivity contribution in [3.8, 4) is 0 Å². The molecule has 7 saturated heterocycles. The van der Waals surface area contributed by atoms with Gasteiger partial charge >= 0.3 is 0 Å². The Hall–Kier alpha value is -11.7. The summed E-state index contributed by atoms with van der Waals surface area (Å²) in [6, 6.07) is 27.3. The van der Waals surface area contributed by atoms with Gasteiger partial charge < -0.3 is 50.0 Å². The molecular formula is C99H122Cl4FN25O13S4. The molecule has 0 radical (unpaired) electrons. The number of hydrogen-bond acceptors (Lipinski definition) is 26. The fourth-order valence-electron chi connectivity index (χ4n) is 20.1. The Morgan fingerprint density at radius 1 is 0.425 bits per heavy atom. The first-order valence-corrected chi connectivity index (χ1v) is 58.5. The monoisotopic (exact) mass is 2160 g/mol. The van der Waals surface area contributed by atoms with Crippen LogP contribution in [0.25, 0.3) is 22.6 Å². The van der Waals surface area contributed by atoms with Crippen LogP contribution in [0.3, 0.4) is 0 Å². The minimum absolute atomic E-state index is 0.00202. The minimum atomic E-state index is -3.74. The second-order valence-corrected chi connectivity index (χ2v) is 47.7. The van der Waals surface area contributed by atoms with E-state index in [0.29, 0.717) is 64.8 Å². The van der Waals surface area contributed by atoms with E-state index in [-0.39, 0.29) is 104 Å². The van der Waals surface area contributed by atoms with Crippen LogP contribution in [-0.2, 0) is 40.1 Å². The first-order chi connectivity index (χ1) is 69.5. The maximum absolute atomic E-state index is 14.1. The van der Waals surface area contributed by atoms with Crippen LogP contribution in [0, 0.1) is 39.4 Å². The highest BCUT2D eigenvalue weighted by Gasteiger charge is 2.41. The number of aryl methyl sites for hydroxylation is 3. The van der Waals surface area contributed by atoms with E-state index in [2.05, 4.69) is 68.3 Å². The van der Waals surface area contributed by atoms with E-state index in [1.165, 1.54) is 36.4 Å². The molecule has 0 bridgehead atoms. The van der Waals surface area contributed by atoms with Crippen molar-refractivity contribution in [3.05, 3.63) is 202 Å². The number of carbonyl (C=O) groups excluding carboxylic acids is 4. The fraction of sp³-hybridized carbons (Fsp3) is 0.475. The number of aliphatic hydroxyl groups is 1. The molecule has 8 aliphatic rings. The SMILES string of the molecule is CCCNc1cc(N2CCC2)nc2cc([C@@H]3CCCCN3C(=O)c3cc(Cl)ccc3NS(C)(=O)=O)nn12.CNc1c(C)c(C)nc2cc([C@@H]3CCCCN3C(=O)c3cc(Cl)cc(C)c3NS(C)(=O)=O)nn12.CS(=O)(=O)Nc1ccc(Cl)cc1C(=O)N1CCCC[C@H]1c1cc2nc(N3CCC3)cc(N3CCC[C@@H](CO)C3)n2n1.Cc1cc(C2CC2)nc2cc([C@@H]3CCCCN3C(=O)c3cc(Cl)c(F)cc3NS(C)(=O)=O)nn12. The summed E-state index contributed by atoms with van der Waals surface area (Å²) in [5, 5.41) is 36.8. The smallest absolute Gasteiger partial charge is 0.256 e. The van der Waals surface area contributed by atoms with Gasteiger partial charge in [0.05, 0.1) is 122 Å². The van der Waals surface area contributed by atoms with Crippen molar-refractivity contribution in [2.24, 2.45) is 5.92 Å². The van der Waals surface area contributed by atoms with E-state index < -0.39 is 51.8 Å². The number of nitrogens with zero attached hydrogens (tertiary/aromatic N) is 19. The minimum Gasteiger partial charge on any atom is -0.396 e. The molecule has 20 rings (SSSR count). The number of fused-ring (bicyclic) bond motifs is 4. The quantitative estimate of drug-likeness (QED) is 0.0279. The summed E-state index contributed by atoms with van der Waals surface area (Å²) in [5.74, 6) is 3.15. The summed E-state index contributed by atoms with van der Waals surface area (Å²) in [5.41, 5.74) is 11.6. The largest absolute Gasteiger partial charge is 0.396 e. The summed E-state index contributed by atoms with van der Waals surface area (Å²) in [4.78, 5) is 88.3. The van der Waals surface area contributed by atoms with Gasteiger partial charge in [-0.15, -0.1) is 0 Å². The van der Waals surface area contributed by atoms with Gasteiger partial charge in [-0.2, -0.15) is 33.9 Å². The van der Waals surface area contributed by atoms with Gasteiger partial charge in [-0.3, -0.25) is 38.1 Å². The highest BCUT2D eigenvalue weighted by molar-refractivity contribution is 7.92. The third-order valence-electron chi connectivity index (χ3n) is 27.7. The third kappa shape index (κ3) is 24.1. The van der Waals surface area contributed by atoms with Crippen molar-refractivity contribution in [1.29, 1.82) is 0 Å². The van der Waals surface area contributed by atoms with Gasteiger partial charge in [-0.25, -0.2) is 62.5 Å². The number of halogens is 5. The normalized spacial score (nSPS) is 19.0. The molecule has 5 atom stereocenters. The molecule has 38 nitrogen and oxygen atoms in total. The molecule has 12 aromatic rings. The molecule has 4 aromatic carbocycles. The Morgan fingerprint density at radius 3 is 1.32 bits per heavy atom. The number of carbonyl (C=O) groups is 4. The number of sulfonamides is 4. The number of amides is 4. The Kier molecular flexibility index (Phi) is 31.8. The van der Waals surface area contributed by atoms with Crippen LogP contribution >= 0.6 is 46.4 Å². The summed E-state index contributed by atoms with van der Waals surface area (Å²) >= 11 is 24.7. The summed E-state index contributed by atoms with van der Waals surface area (Å²) in [6.45, 7) is 18.4. The lowest BCUT2D eigenvalue weighted by molar-refractivity contribution is 0.0599. The van der Waals surface area contributed by atoms with E-state index >= 15 is 0 Å². The second kappa shape index (κ2) is 44.0. The standard InChI is InChI=1S/C28H36ClN7O4S.C25H32ClN7O3S.C23H25ClFN5O3S.C23H29ClN6O3S/c1-41(39,40)32-22-9-8-20(29)14-21(22)28(38)35-13-3-2-7-24(35)23-15-26-30-25(33-11-5-12-33)16-27(36(26)31-23)34-10-4-6-19(17-34)18-37;1-3-10-27-22-16-23(31-11-6-12-31)28-24-15-20(29-33(22)24)21-7-4-5-13-32(21)25(34)18-14-17(26)8-9-19(18)30-37(2,35)36;1-13-9-18(14-6-7-14)26-22-12-20(27-30(13)22)21-5-3-4-8-29(21)23(31)15-10-16(24)17(25)11-19(15)28-34(2,32)33;1-13-10-16(24)11-17(21(13)28-34(5,32)33)23(31)29-9-7-6-8-19(29)18-12-20-26-15(3)14(2)22(25-4)30(20)27-18/h8-9,14-16,19,24,32,37H,2-7,10-13,17-18H2,1H3;8-9,14-16,21,27,30H,3-7,10-13H2,1-2H3;9-12,14,21,28H,3-8H2,1-2H3;10-12,19,25,28H,6-9H2,1-5H3/t19-,24+;2*21-;19-/m1000/s1. The molecule has 8 fully saturated rings. The number of nitrogens with one attached hydrogen (secondary N) is 6. The fourth-order valence-corrected chi connectivity index (χ4v) is 23.2. The second-order valence-electron chi connectivity index (χ2n) is 39.0. The zero-order chi connectivity index (χ0) is 104. The van der Waals surface area contributed by atoms with Crippen molar-refractivity contribution in [2.45, 2.75) is 187 Å². The molecule has 15 heterocycles. The number of rotatable bonds is 25. The van der Waals surface area contributed by atoms with Crippen LogP contribution in [0.15, 0.2) is 103 Å². The summed E-state index contributed by atoms with van der Waals surface area (Å²) in [7, 11) is -12.7. The van der Waals surface area contributed by atoms with Crippen molar-refractivity contribution >= 4 is 185 Å². The third-order valence-corrected chi connectivity index (χ3v) is 31.0. The predicted molar refractivity (Wildman–Crippen MR) is 567 cm³/mol. The topological polar surface area (TPSA) is 441 Å². The predicted octanol–water partition coefficient (Wildman–Crippen LogP) is 16.2.